The zero-order chi connectivity index (χ0) is 36.4. The Morgan fingerprint density at radius 2 is 0.646 bits per heavy atom. The van der Waals surface area contributed by atoms with Crippen molar-refractivity contribution in [1.29, 1.82) is 0 Å². The molecule has 0 bridgehead atoms. The first-order valence-electron chi connectivity index (χ1n) is 19.4. The van der Waals surface area contributed by atoms with Gasteiger partial charge in [-0.15, -0.1) is 0 Å². The van der Waals surface area contributed by atoms with Crippen LogP contribution in [0.15, 0.2) is 24.3 Å². The number of rotatable bonds is 30. The second kappa shape index (κ2) is 35.1. The van der Waals surface area contributed by atoms with Crippen LogP contribution in [0.5, 0.6) is 0 Å². The minimum absolute atomic E-state index is 0.182. The van der Waals surface area contributed by atoms with E-state index in [4.69, 9.17) is 0 Å². The molecule has 0 aliphatic rings. The Hall–Kier alpha value is -1.74. The molecule has 0 radical (unpaired) electrons. The number of unbranched alkanes of at least 4 members (excludes halogenated alkanes) is 10. The molecular weight excluding hydrogens is 596 g/mol. The van der Waals surface area contributed by atoms with Gasteiger partial charge < -0.3 is 29.4 Å². The van der Waals surface area contributed by atoms with Gasteiger partial charge in [0.1, 0.15) is 0 Å². The normalized spacial score (nSPS) is 11.8. The molecule has 0 fully saturated rings. The van der Waals surface area contributed by atoms with Crippen molar-refractivity contribution < 1.29 is 9.59 Å². The minimum atomic E-state index is 0.182. The number of nitrogens with zero attached hydrogens (tertiary/aromatic N) is 6. The van der Waals surface area contributed by atoms with Gasteiger partial charge in [-0.25, -0.2) is 0 Å². The average molecular weight is 679 g/mol. The molecule has 0 spiro atoms. The predicted octanol–water partition coefficient (Wildman–Crippen LogP) is 7.27. The summed E-state index contributed by atoms with van der Waals surface area (Å²) in [6, 6.07) is 0. The fourth-order valence-electron chi connectivity index (χ4n) is 5.29. The molecule has 0 atom stereocenters. The Bertz CT molecular complexity index is 690. The molecule has 0 aromatic carbocycles. The summed E-state index contributed by atoms with van der Waals surface area (Å²) in [4.78, 5) is 37.6. The van der Waals surface area contributed by atoms with Gasteiger partial charge in [-0.3, -0.25) is 9.59 Å². The molecule has 2 amide bonds. The topological polar surface area (TPSA) is 53.6 Å². The maximum absolute atomic E-state index is 12.4. The van der Waals surface area contributed by atoms with E-state index in [-0.39, 0.29) is 11.8 Å². The maximum Gasteiger partial charge on any atom is 0.246 e. The third-order valence-electron chi connectivity index (χ3n) is 8.23. The number of hydrogen-bond donors (Lipinski definition) is 0. The van der Waals surface area contributed by atoms with Crippen LogP contribution in [0.1, 0.15) is 117 Å². The van der Waals surface area contributed by atoms with E-state index in [1.54, 1.807) is 12.2 Å². The molecule has 0 N–H and O–H groups in total. The minimum Gasteiger partial charge on any atom is -0.339 e. The van der Waals surface area contributed by atoms with E-state index in [1.807, 2.05) is 9.80 Å². The zero-order valence-electron chi connectivity index (χ0n) is 33.8. The van der Waals surface area contributed by atoms with Gasteiger partial charge in [0.25, 0.3) is 0 Å². The average Bonchev–Trinajstić information content (AvgIpc) is 3.02. The number of allylic oxidation sites excluding steroid dienone is 2. The van der Waals surface area contributed by atoms with Gasteiger partial charge in [0.2, 0.25) is 11.8 Å². The summed E-state index contributed by atoms with van der Waals surface area (Å²) >= 11 is 0. The van der Waals surface area contributed by atoms with Crippen LogP contribution in [0.3, 0.4) is 0 Å². The van der Waals surface area contributed by atoms with E-state index in [2.05, 4.69) is 102 Å². The predicted molar refractivity (Wildman–Crippen MR) is 211 cm³/mol. The van der Waals surface area contributed by atoms with Gasteiger partial charge in [-0.05, 0) is 146 Å². The van der Waals surface area contributed by atoms with Crippen LogP contribution in [0.4, 0.5) is 0 Å². The van der Waals surface area contributed by atoms with E-state index >= 15 is 0 Å². The summed E-state index contributed by atoms with van der Waals surface area (Å²) in [5, 5.41) is 0. The quantitative estimate of drug-likeness (QED) is 0.0589. The SMILES string of the molecule is CCCCCCC/C=C/C(=O)N(CCCN(C)C)CCCN(C)C.CCCCCCC/C=C/C(=O)N(CCCN(C)C)CCCN(C)C. The van der Waals surface area contributed by atoms with Crippen LogP contribution >= 0.6 is 0 Å². The Morgan fingerprint density at radius 3 is 0.896 bits per heavy atom. The van der Waals surface area contributed by atoms with Crippen LogP contribution in [-0.4, -0.2) is 150 Å². The van der Waals surface area contributed by atoms with E-state index in [9.17, 15) is 9.59 Å². The van der Waals surface area contributed by atoms with Crippen molar-refractivity contribution in [2.75, 3.05) is 109 Å². The van der Waals surface area contributed by atoms with Gasteiger partial charge in [-0.2, -0.15) is 0 Å². The van der Waals surface area contributed by atoms with Crippen molar-refractivity contribution in [3.05, 3.63) is 24.3 Å². The first kappa shape index (κ1) is 48.4. The van der Waals surface area contributed by atoms with Gasteiger partial charge in [0, 0.05) is 26.2 Å². The number of carbonyl (C=O) groups is 2. The van der Waals surface area contributed by atoms with Crippen molar-refractivity contribution in [2.45, 2.75) is 117 Å². The van der Waals surface area contributed by atoms with Gasteiger partial charge >= 0.3 is 0 Å². The highest BCUT2D eigenvalue weighted by Gasteiger charge is 2.11. The highest BCUT2D eigenvalue weighted by atomic mass is 16.2. The molecule has 0 aromatic heterocycles. The molecular formula is C40H82N6O2. The second-order valence-corrected chi connectivity index (χ2v) is 14.5. The Labute approximate surface area is 299 Å². The van der Waals surface area contributed by atoms with Crippen LogP contribution in [0.25, 0.3) is 0 Å². The molecule has 284 valence electrons. The van der Waals surface area contributed by atoms with Crippen molar-refractivity contribution in [3.8, 4) is 0 Å². The lowest BCUT2D eigenvalue weighted by Crippen LogP contribution is -2.34. The molecule has 0 aliphatic heterocycles. The Balaban J connectivity index is 0. The Kier molecular flexibility index (Phi) is 35.4. The van der Waals surface area contributed by atoms with E-state index < -0.39 is 0 Å². The molecule has 0 saturated heterocycles. The fourth-order valence-corrected chi connectivity index (χ4v) is 5.29. The Morgan fingerprint density at radius 1 is 0.375 bits per heavy atom. The molecule has 0 aromatic rings. The number of hydrogen-bond acceptors (Lipinski definition) is 6. The first-order chi connectivity index (χ1) is 22.9. The molecule has 8 heteroatoms. The van der Waals surface area contributed by atoms with E-state index in [1.165, 1.54) is 64.2 Å². The lowest BCUT2D eigenvalue weighted by atomic mass is 10.1. The summed E-state index contributed by atoms with van der Waals surface area (Å²) in [6.07, 6.45) is 26.7. The number of amides is 2. The summed E-state index contributed by atoms with van der Waals surface area (Å²) < 4.78 is 0. The van der Waals surface area contributed by atoms with Gasteiger partial charge in [0.05, 0.1) is 0 Å². The molecule has 0 heterocycles. The highest BCUT2D eigenvalue weighted by Crippen LogP contribution is 2.07. The van der Waals surface area contributed by atoms with Crippen molar-refractivity contribution in [1.82, 2.24) is 29.4 Å². The fraction of sp³-hybridized carbons (Fsp3) is 0.850. The molecule has 48 heavy (non-hydrogen) atoms. The van der Waals surface area contributed by atoms with Crippen LogP contribution < -0.4 is 0 Å². The lowest BCUT2D eigenvalue weighted by Gasteiger charge is -2.23. The van der Waals surface area contributed by atoms with Crippen molar-refractivity contribution >= 4 is 11.8 Å². The van der Waals surface area contributed by atoms with Crippen LogP contribution in [-0.2, 0) is 9.59 Å². The molecule has 8 nitrogen and oxygen atoms in total. The number of carbonyl (C=O) groups excluding carboxylic acids is 2. The molecule has 0 aliphatic carbocycles. The summed E-state index contributed by atoms with van der Waals surface area (Å²) in [5.74, 6) is 0.363. The van der Waals surface area contributed by atoms with Gasteiger partial charge in [0.15, 0.2) is 0 Å². The van der Waals surface area contributed by atoms with Crippen LogP contribution in [0, 0.1) is 0 Å². The molecule has 0 unspecified atom stereocenters. The molecule has 0 saturated carbocycles. The summed E-state index contributed by atoms with van der Waals surface area (Å²) in [7, 11) is 16.6. The largest absolute Gasteiger partial charge is 0.339 e. The maximum atomic E-state index is 12.4. The lowest BCUT2D eigenvalue weighted by molar-refractivity contribution is -0.127. The zero-order valence-corrected chi connectivity index (χ0v) is 33.8. The van der Waals surface area contributed by atoms with Gasteiger partial charge in [-0.1, -0.05) is 77.4 Å². The molecule has 0 rings (SSSR count). The van der Waals surface area contributed by atoms with Crippen molar-refractivity contribution in [2.24, 2.45) is 0 Å². The summed E-state index contributed by atoms with van der Waals surface area (Å²) in [5.41, 5.74) is 0. The smallest absolute Gasteiger partial charge is 0.246 e. The first-order valence-corrected chi connectivity index (χ1v) is 19.4. The third kappa shape index (κ3) is 35.6. The van der Waals surface area contributed by atoms with Crippen molar-refractivity contribution in [3.63, 3.8) is 0 Å². The second-order valence-electron chi connectivity index (χ2n) is 14.5. The summed E-state index contributed by atoms with van der Waals surface area (Å²) in [6.45, 7) is 12.0. The van der Waals surface area contributed by atoms with E-state index in [0.717, 1.165) is 90.9 Å². The third-order valence-corrected chi connectivity index (χ3v) is 8.23. The highest BCUT2D eigenvalue weighted by molar-refractivity contribution is 5.87. The van der Waals surface area contributed by atoms with E-state index in [0.29, 0.717) is 0 Å². The monoisotopic (exact) mass is 679 g/mol. The standard InChI is InChI=1S/2C20H41N3O/c2*1-6-7-8-9-10-11-12-15-20(24)23(18-13-16-21(2)3)19-14-17-22(4)5/h2*12,15H,6-11,13-14,16-19H2,1-5H3/b2*15-12+. The van der Waals surface area contributed by atoms with Crippen LogP contribution in [0.2, 0.25) is 0 Å².